The number of ether oxygens (including phenoxy) is 1. The fourth-order valence-electron chi connectivity index (χ4n) is 4.35. The van der Waals surface area contributed by atoms with Crippen molar-refractivity contribution in [2.24, 2.45) is 0 Å². The Morgan fingerprint density at radius 2 is 1.83 bits per heavy atom. The van der Waals surface area contributed by atoms with Gasteiger partial charge in [0.1, 0.15) is 5.75 Å². The van der Waals surface area contributed by atoms with Crippen LogP contribution in [0, 0.1) is 0 Å². The molecule has 1 aliphatic heterocycles. The van der Waals surface area contributed by atoms with Gasteiger partial charge in [-0.2, -0.15) is 0 Å². The first kappa shape index (κ1) is 26.0. The molecule has 0 fully saturated rings. The Labute approximate surface area is 223 Å². The van der Waals surface area contributed by atoms with Crippen LogP contribution in [0.2, 0.25) is 0 Å². The van der Waals surface area contributed by atoms with Crippen LogP contribution in [0.25, 0.3) is 0 Å². The fraction of sp³-hybridized carbons (Fsp3) is 0.345. The molecule has 0 bridgehead atoms. The van der Waals surface area contributed by atoms with Crippen LogP contribution in [-0.4, -0.2) is 62.6 Å². The zero-order chi connectivity index (χ0) is 25.3. The van der Waals surface area contributed by atoms with E-state index in [2.05, 4.69) is 62.5 Å². The van der Waals surface area contributed by atoms with Gasteiger partial charge >= 0.3 is 0 Å². The minimum atomic E-state index is -0.0184. The summed E-state index contributed by atoms with van der Waals surface area (Å²) in [6.07, 6.45) is 1.03. The SMILES string of the molecule is CN(C)c1cccc(OCC(=O)N2CCN(Cc3ccccc3)CCCNc3ccc(Br)cc3C2)c1. The van der Waals surface area contributed by atoms with Gasteiger partial charge in [0.2, 0.25) is 0 Å². The minimum absolute atomic E-state index is 0.00628. The van der Waals surface area contributed by atoms with Crippen LogP contribution in [0.1, 0.15) is 17.5 Å². The van der Waals surface area contributed by atoms with Gasteiger partial charge in [0.05, 0.1) is 0 Å². The molecule has 3 aromatic carbocycles. The summed E-state index contributed by atoms with van der Waals surface area (Å²) in [5.41, 5.74) is 4.50. The Morgan fingerprint density at radius 3 is 2.64 bits per heavy atom. The number of nitrogens with one attached hydrogen (secondary N) is 1. The highest BCUT2D eigenvalue weighted by Crippen LogP contribution is 2.24. The monoisotopic (exact) mass is 550 g/mol. The maximum absolute atomic E-state index is 13.4. The largest absolute Gasteiger partial charge is 0.484 e. The molecule has 1 N–H and O–H groups in total. The zero-order valence-corrected chi connectivity index (χ0v) is 22.7. The summed E-state index contributed by atoms with van der Waals surface area (Å²) in [6.45, 7) is 4.70. The number of anilines is 2. The Bertz CT molecular complexity index is 1140. The van der Waals surface area contributed by atoms with Crippen molar-refractivity contribution in [1.82, 2.24) is 9.80 Å². The number of amides is 1. The van der Waals surface area contributed by atoms with Crippen molar-refractivity contribution < 1.29 is 9.53 Å². The second-order valence-corrected chi connectivity index (χ2v) is 10.3. The summed E-state index contributed by atoms with van der Waals surface area (Å²) in [6, 6.07) is 24.6. The number of carbonyl (C=O) groups is 1. The molecule has 0 saturated heterocycles. The smallest absolute Gasteiger partial charge is 0.260 e. The minimum Gasteiger partial charge on any atom is -0.484 e. The van der Waals surface area contributed by atoms with Gasteiger partial charge in [-0.15, -0.1) is 0 Å². The number of hydrogen-bond acceptors (Lipinski definition) is 5. The average Bonchev–Trinajstić information content (AvgIpc) is 2.92. The molecule has 6 nitrogen and oxygen atoms in total. The predicted octanol–water partition coefficient (Wildman–Crippen LogP) is 5.24. The van der Waals surface area contributed by atoms with Crippen LogP contribution < -0.4 is 15.0 Å². The molecule has 36 heavy (non-hydrogen) atoms. The highest BCUT2D eigenvalue weighted by molar-refractivity contribution is 9.10. The molecule has 7 heteroatoms. The lowest BCUT2D eigenvalue weighted by Crippen LogP contribution is -2.40. The standard InChI is InChI=1S/C29H35BrN4O2/c1-32(2)26-10-6-11-27(19-26)36-22-29(35)34-17-16-33(20-23-8-4-3-5-9-23)15-7-14-31-28-13-12-25(30)18-24(28)21-34/h3-6,8-13,18-19,31H,7,14-17,20-22H2,1-2H3. The van der Waals surface area contributed by atoms with E-state index in [9.17, 15) is 4.79 Å². The van der Waals surface area contributed by atoms with Crippen LogP contribution in [0.15, 0.2) is 77.3 Å². The van der Waals surface area contributed by atoms with Gasteiger partial charge in [0, 0.05) is 75.3 Å². The Balaban J connectivity index is 1.50. The van der Waals surface area contributed by atoms with Gasteiger partial charge in [-0.05, 0) is 47.9 Å². The summed E-state index contributed by atoms with van der Waals surface area (Å²) in [7, 11) is 3.98. The van der Waals surface area contributed by atoms with Gasteiger partial charge in [0.15, 0.2) is 6.61 Å². The molecule has 0 spiro atoms. The van der Waals surface area contributed by atoms with Gasteiger partial charge in [-0.1, -0.05) is 52.3 Å². The summed E-state index contributed by atoms with van der Waals surface area (Å²) in [4.78, 5) is 19.8. The molecular weight excluding hydrogens is 516 g/mol. The third-order valence-corrected chi connectivity index (χ3v) is 6.87. The van der Waals surface area contributed by atoms with E-state index < -0.39 is 0 Å². The third kappa shape index (κ3) is 7.48. The average molecular weight is 552 g/mol. The molecule has 0 saturated carbocycles. The normalized spacial score (nSPS) is 14.8. The molecule has 0 atom stereocenters. The topological polar surface area (TPSA) is 48.1 Å². The van der Waals surface area contributed by atoms with E-state index in [4.69, 9.17) is 4.74 Å². The number of hydrogen-bond donors (Lipinski definition) is 1. The second kappa shape index (κ2) is 12.8. The Morgan fingerprint density at radius 1 is 1.00 bits per heavy atom. The molecule has 1 aliphatic rings. The van der Waals surface area contributed by atoms with E-state index in [1.54, 1.807) is 0 Å². The van der Waals surface area contributed by atoms with Crippen LogP contribution in [0.4, 0.5) is 11.4 Å². The van der Waals surface area contributed by atoms with Crippen molar-refractivity contribution in [2.45, 2.75) is 19.5 Å². The van der Waals surface area contributed by atoms with Crippen molar-refractivity contribution in [3.63, 3.8) is 0 Å². The molecule has 0 aliphatic carbocycles. The first-order chi connectivity index (χ1) is 17.5. The highest BCUT2D eigenvalue weighted by atomic mass is 79.9. The van der Waals surface area contributed by atoms with Crippen LogP contribution in [-0.2, 0) is 17.9 Å². The van der Waals surface area contributed by atoms with E-state index >= 15 is 0 Å². The van der Waals surface area contributed by atoms with Gasteiger partial charge in [-0.25, -0.2) is 0 Å². The lowest BCUT2D eigenvalue weighted by atomic mass is 10.1. The Kier molecular flexibility index (Phi) is 9.25. The van der Waals surface area contributed by atoms with E-state index in [1.165, 1.54) is 5.56 Å². The second-order valence-electron chi connectivity index (χ2n) is 9.34. The number of carbonyl (C=O) groups excluding carboxylic acids is 1. The number of rotatable bonds is 6. The molecule has 4 rings (SSSR count). The maximum Gasteiger partial charge on any atom is 0.260 e. The summed E-state index contributed by atoms with van der Waals surface area (Å²) in [5.74, 6) is 0.679. The highest BCUT2D eigenvalue weighted by Gasteiger charge is 2.19. The number of fused-ring (bicyclic) bond motifs is 1. The zero-order valence-electron chi connectivity index (χ0n) is 21.1. The van der Waals surface area contributed by atoms with Gasteiger partial charge in [0.25, 0.3) is 5.91 Å². The van der Waals surface area contributed by atoms with Crippen molar-refractivity contribution in [1.29, 1.82) is 0 Å². The van der Waals surface area contributed by atoms with Crippen LogP contribution in [0.5, 0.6) is 5.75 Å². The fourth-order valence-corrected chi connectivity index (χ4v) is 4.76. The third-order valence-electron chi connectivity index (χ3n) is 6.38. The quantitative estimate of drug-likeness (QED) is 0.454. The molecule has 3 aromatic rings. The van der Waals surface area contributed by atoms with E-state index in [0.717, 1.165) is 54.0 Å². The van der Waals surface area contributed by atoms with Crippen molar-refractivity contribution in [2.75, 3.05) is 57.1 Å². The number of benzene rings is 3. The van der Waals surface area contributed by atoms with Gasteiger partial charge in [-0.3, -0.25) is 9.69 Å². The maximum atomic E-state index is 13.4. The molecule has 0 radical (unpaired) electrons. The molecule has 190 valence electrons. The Hall–Kier alpha value is -3.03. The lowest BCUT2D eigenvalue weighted by molar-refractivity contribution is -0.134. The van der Waals surface area contributed by atoms with Gasteiger partial charge < -0.3 is 19.9 Å². The first-order valence-electron chi connectivity index (χ1n) is 12.4. The summed E-state index contributed by atoms with van der Waals surface area (Å²) in [5, 5.41) is 3.59. The number of nitrogens with zero attached hydrogens (tertiary/aromatic N) is 3. The summed E-state index contributed by atoms with van der Waals surface area (Å²) < 4.78 is 6.95. The first-order valence-corrected chi connectivity index (χ1v) is 13.2. The molecular formula is C29H35BrN4O2. The van der Waals surface area contributed by atoms with Crippen molar-refractivity contribution in [3.05, 3.63) is 88.4 Å². The van der Waals surface area contributed by atoms with Crippen molar-refractivity contribution in [3.8, 4) is 5.75 Å². The van der Waals surface area contributed by atoms with E-state index in [-0.39, 0.29) is 12.5 Å². The molecule has 0 unspecified atom stereocenters. The number of halogens is 1. The molecule has 1 amide bonds. The molecule has 0 aromatic heterocycles. The molecule has 1 heterocycles. The van der Waals surface area contributed by atoms with E-state index in [1.807, 2.05) is 60.3 Å². The lowest BCUT2D eigenvalue weighted by Gasteiger charge is -2.28. The van der Waals surface area contributed by atoms with E-state index in [0.29, 0.717) is 18.8 Å². The predicted molar refractivity (Wildman–Crippen MR) is 151 cm³/mol. The van der Waals surface area contributed by atoms with Crippen molar-refractivity contribution >= 4 is 33.2 Å². The summed E-state index contributed by atoms with van der Waals surface area (Å²) >= 11 is 3.60. The van der Waals surface area contributed by atoms with Crippen LogP contribution in [0.3, 0.4) is 0 Å². The van der Waals surface area contributed by atoms with Crippen LogP contribution >= 0.6 is 15.9 Å².